The van der Waals surface area contributed by atoms with Crippen LogP contribution in [0.3, 0.4) is 0 Å². The summed E-state index contributed by atoms with van der Waals surface area (Å²) in [6.07, 6.45) is 3.08. The number of hydrogen-bond donors (Lipinski definition) is 0. The van der Waals surface area contributed by atoms with Gasteiger partial charge >= 0.3 is 0 Å². The molecule has 27 heavy (non-hydrogen) atoms. The molecule has 1 aliphatic carbocycles. The molecule has 0 spiro atoms. The van der Waals surface area contributed by atoms with Crippen LogP contribution in [-0.4, -0.2) is 41.2 Å². The standard InChI is InChI=1S/C22H28N2O3/c1-17-8-11-21(27-17)15-23(13-12-19-6-4-3-5-7-19)22(26)16-24(18(2)25)14-20-9-10-20/h3-8,11,20H,9-10,12-16H2,1-2H3. The molecule has 0 N–H and O–H groups in total. The second kappa shape index (κ2) is 8.89. The van der Waals surface area contributed by atoms with E-state index in [0.29, 0.717) is 25.6 Å². The molecule has 5 nitrogen and oxygen atoms in total. The molecule has 1 aromatic carbocycles. The Morgan fingerprint density at radius 2 is 1.81 bits per heavy atom. The fourth-order valence-electron chi connectivity index (χ4n) is 3.14. The van der Waals surface area contributed by atoms with Gasteiger partial charge in [-0.2, -0.15) is 0 Å². The lowest BCUT2D eigenvalue weighted by atomic mass is 10.1. The van der Waals surface area contributed by atoms with Crippen LogP contribution in [-0.2, 0) is 22.6 Å². The fourth-order valence-corrected chi connectivity index (χ4v) is 3.14. The first kappa shape index (κ1) is 19.2. The second-order valence-electron chi connectivity index (χ2n) is 7.41. The average Bonchev–Trinajstić information content (AvgIpc) is 3.38. The molecule has 0 bridgehead atoms. The highest BCUT2D eigenvalue weighted by Gasteiger charge is 2.28. The van der Waals surface area contributed by atoms with Crippen molar-refractivity contribution in [3.63, 3.8) is 0 Å². The third-order valence-electron chi connectivity index (χ3n) is 4.96. The van der Waals surface area contributed by atoms with Gasteiger partial charge in [-0.05, 0) is 49.8 Å². The van der Waals surface area contributed by atoms with E-state index in [1.807, 2.05) is 37.3 Å². The van der Waals surface area contributed by atoms with Crippen LogP contribution in [0.4, 0.5) is 0 Å². The Balaban J connectivity index is 1.66. The third-order valence-corrected chi connectivity index (χ3v) is 4.96. The van der Waals surface area contributed by atoms with E-state index >= 15 is 0 Å². The van der Waals surface area contributed by atoms with E-state index < -0.39 is 0 Å². The Kier molecular flexibility index (Phi) is 6.32. The molecule has 5 heteroatoms. The first-order valence-corrected chi connectivity index (χ1v) is 9.64. The number of amides is 2. The molecule has 0 saturated heterocycles. The van der Waals surface area contributed by atoms with Gasteiger partial charge in [0.2, 0.25) is 11.8 Å². The van der Waals surface area contributed by atoms with E-state index in [1.54, 1.807) is 16.7 Å². The molecule has 0 radical (unpaired) electrons. The summed E-state index contributed by atoms with van der Waals surface area (Å²) in [5.41, 5.74) is 1.19. The summed E-state index contributed by atoms with van der Waals surface area (Å²) in [5.74, 6) is 2.10. The zero-order chi connectivity index (χ0) is 19.2. The smallest absolute Gasteiger partial charge is 0.242 e. The maximum Gasteiger partial charge on any atom is 0.242 e. The topological polar surface area (TPSA) is 53.8 Å². The first-order valence-electron chi connectivity index (χ1n) is 9.64. The lowest BCUT2D eigenvalue weighted by Crippen LogP contribution is -2.43. The van der Waals surface area contributed by atoms with E-state index in [9.17, 15) is 9.59 Å². The number of benzene rings is 1. The number of rotatable bonds is 9. The van der Waals surface area contributed by atoms with Crippen LogP contribution in [0.5, 0.6) is 0 Å². The summed E-state index contributed by atoms with van der Waals surface area (Å²) >= 11 is 0. The summed E-state index contributed by atoms with van der Waals surface area (Å²) in [6, 6.07) is 13.9. The van der Waals surface area contributed by atoms with Gasteiger partial charge in [-0.15, -0.1) is 0 Å². The first-order chi connectivity index (χ1) is 13.0. The molecule has 1 heterocycles. The monoisotopic (exact) mass is 368 g/mol. The van der Waals surface area contributed by atoms with E-state index in [-0.39, 0.29) is 18.4 Å². The van der Waals surface area contributed by atoms with Gasteiger partial charge in [0, 0.05) is 20.0 Å². The molecule has 3 rings (SSSR count). The molecule has 1 saturated carbocycles. The van der Waals surface area contributed by atoms with Gasteiger partial charge in [0.1, 0.15) is 11.5 Å². The van der Waals surface area contributed by atoms with Gasteiger partial charge in [0.15, 0.2) is 0 Å². The molecule has 0 atom stereocenters. The number of aryl methyl sites for hydroxylation is 1. The molecule has 0 aliphatic heterocycles. The minimum atomic E-state index is -0.0351. The molecule has 144 valence electrons. The van der Waals surface area contributed by atoms with Crippen LogP contribution in [0.2, 0.25) is 0 Å². The second-order valence-corrected chi connectivity index (χ2v) is 7.41. The van der Waals surface area contributed by atoms with Crippen molar-refractivity contribution in [1.82, 2.24) is 9.80 Å². The molecular formula is C22H28N2O3. The maximum atomic E-state index is 13.0. The van der Waals surface area contributed by atoms with E-state index in [4.69, 9.17) is 4.42 Å². The largest absolute Gasteiger partial charge is 0.464 e. The van der Waals surface area contributed by atoms with Crippen molar-refractivity contribution >= 4 is 11.8 Å². The molecule has 0 unspecified atom stereocenters. The number of carbonyl (C=O) groups is 2. The van der Waals surface area contributed by atoms with Crippen LogP contribution in [0.15, 0.2) is 46.9 Å². The highest BCUT2D eigenvalue weighted by atomic mass is 16.3. The van der Waals surface area contributed by atoms with Gasteiger partial charge < -0.3 is 14.2 Å². The van der Waals surface area contributed by atoms with Crippen LogP contribution in [0.25, 0.3) is 0 Å². The zero-order valence-electron chi connectivity index (χ0n) is 16.2. The number of furan rings is 1. The summed E-state index contributed by atoms with van der Waals surface area (Å²) in [4.78, 5) is 28.4. The SMILES string of the molecule is CC(=O)N(CC(=O)N(CCc1ccccc1)Cc1ccc(C)o1)CC1CC1. The van der Waals surface area contributed by atoms with Gasteiger partial charge in [-0.3, -0.25) is 9.59 Å². The summed E-state index contributed by atoms with van der Waals surface area (Å²) in [6.45, 7) is 5.28. The summed E-state index contributed by atoms with van der Waals surface area (Å²) in [7, 11) is 0. The Morgan fingerprint density at radius 3 is 2.41 bits per heavy atom. The Labute approximate surface area is 160 Å². The highest BCUT2D eigenvalue weighted by Crippen LogP contribution is 2.29. The number of hydrogen-bond acceptors (Lipinski definition) is 3. The lowest BCUT2D eigenvalue weighted by Gasteiger charge is -2.26. The third kappa shape index (κ3) is 5.98. The van der Waals surface area contributed by atoms with Crippen molar-refractivity contribution in [3.8, 4) is 0 Å². The van der Waals surface area contributed by atoms with Crippen LogP contribution in [0, 0.1) is 12.8 Å². The average molecular weight is 368 g/mol. The zero-order valence-corrected chi connectivity index (χ0v) is 16.2. The Morgan fingerprint density at radius 1 is 1.07 bits per heavy atom. The van der Waals surface area contributed by atoms with Gasteiger partial charge in [-0.25, -0.2) is 0 Å². The minimum absolute atomic E-state index is 0.0316. The molecule has 1 aromatic heterocycles. The van der Waals surface area contributed by atoms with Crippen LogP contribution >= 0.6 is 0 Å². The van der Waals surface area contributed by atoms with Crippen LogP contribution in [0.1, 0.15) is 36.8 Å². The van der Waals surface area contributed by atoms with E-state index in [0.717, 1.165) is 30.8 Å². The normalized spacial score (nSPS) is 13.4. The molecule has 2 amide bonds. The van der Waals surface area contributed by atoms with Gasteiger partial charge in [0.05, 0.1) is 13.1 Å². The van der Waals surface area contributed by atoms with Crippen molar-refractivity contribution in [2.45, 2.75) is 39.7 Å². The predicted octanol–water partition coefficient (Wildman–Crippen LogP) is 3.42. The van der Waals surface area contributed by atoms with Crippen molar-refractivity contribution in [3.05, 3.63) is 59.5 Å². The van der Waals surface area contributed by atoms with Crippen molar-refractivity contribution in [2.24, 2.45) is 5.92 Å². The van der Waals surface area contributed by atoms with Gasteiger partial charge in [0.25, 0.3) is 0 Å². The number of carbonyl (C=O) groups excluding carboxylic acids is 2. The fraction of sp³-hybridized carbons (Fsp3) is 0.455. The maximum absolute atomic E-state index is 13.0. The quantitative estimate of drug-likeness (QED) is 0.681. The molecule has 1 aliphatic rings. The lowest BCUT2D eigenvalue weighted by molar-refractivity contribution is -0.140. The molecule has 2 aromatic rings. The Bertz CT molecular complexity index is 765. The van der Waals surface area contributed by atoms with Crippen molar-refractivity contribution in [2.75, 3.05) is 19.6 Å². The summed E-state index contributed by atoms with van der Waals surface area (Å²) < 4.78 is 5.67. The predicted molar refractivity (Wildman–Crippen MR) is 104 cm³/mol. The van der Waals surface area contributed by atoms with E-state index in [2.05, 4.69) is 12.1 Å². The van der Waals surface area contributed by atoms with Gasteiger partial charge in [-0.1, -0.05) is 30.3 Å². The summed E-state index contributed by atoms with van der Waals surface area (Å²) in [5, 5.41) is 0. The number of nitrogens with zero attached hydrogens (tertiary/aromatic N) is 2. The molecule has 1 fully saturated rings. The highest BCUT2D eigenvalue weighted by molar-refractivity contribution is 5.83. The van der Waals surface area contributed by atoms with Crippen LogP contribution < -0.4 is 0 Å². The Hall–Kier alpha value is -2.56. The van der Waals surface area contributed by atoms with Crippen molar-refractivity contribution < 1.29 is 14.0 Å². The minimum Gasteiger partial charge on any atom is -0.464 e. The van der Waals surface area contributed by atoms with E-state index in [1.165, 1.54) is 5.56 Å². The molecular weight excluding hydrogens is 340 g/mol. The van der Waals surface area contributed by atoms with Crippen molar-refractivity contribution in [1.29, 1.82) is 0 Å².